The number of aryl methyl sites for hydroxylation is 1. The molecule has 0 bridgehead atoms. The monoisotopic (exact) mass is 168 g/mol. The number of nitrogen functional groups attached to an aromatic ring is 1. The van der Waals surface area contributed by atoms with E-state index in [9.17, 15) is 0 Å². The molecule has 0 atom stereocenters. The Morgan fingerprint density at radius 3 is 2.42 bits per heavy atom. The lowest BCUT2D eigenvalue weighted by atomic mass is 10.5. The van der Waals surface area contributed by atoms with Crippen LogP contribution in [0.1, 0.15) is 19.7 Å². The molecular formula is C7H12N4O. The van der Waals surface area contributed by atoms with Crippen LogP contribution in [0.5, 0.6) is 6.01 Å². The predicted molar refractivity (Wildman–Crippen MR) is 44.7 cm³/mol. The number of nitrogens with two attached hydrogens (primary N) is 1. The van der Waals surface area contributed by atoms with E-state index >= 15 is 0 Å². The van der Waals surface area contributed by atoms with Gasteiger partial charge in [-0.1, -0.05) is 0 Å². The summed E-state index contributed by atoms with van der Waals surface area (Å²) in [6.45, 7) is 5.54. The van der Waals surface area contributed by atoms with Crippen molar-refractivity contribution in [1.29, 1.82) is 0 Å². The summed E-state index contributed by atoms with van der Waals surface area (Å²) in [6, 6.07) is 0.287. The van der Waals surface area contributed by atoms with Gasteiger partial charge in [-0.3, -0.25) is 0 Å². The maximum Gasteiger partial charge on any atom is 0.321 e. The molecule has 1 aromatic heterocycles. The average Bonchev–Trinajstić information content (AvgIpc) is 1.81. The molecule has 66 valence electrons. The molecule has 12 heavy (non-hydrogen) atoms. The molecule has 0 saturated heterocycles. The standard InChI is InChI=1S/C7H12N4O/c1-4(2)12-7-10-5(3)9-6(8)11-7/h4H,1-3H3,(H2,8,9,10,11). The first kappa shape index (κ1) is 8.70. The van der Waals surface area contributed by atoms with E-state index in [1.54, 1.807) is 6.92 Å². The lowest BCUT2D eigenvalue weighted by Gasteiger charge is -2.07. The van der Waals surface area contributed by atoms with Crippen LogP contribution in [0.2, 0.25) is 0 Å². The number of hydrogen-bond acceptors (Lipinski definition) is 5. The molecule has 0 aliphatic carbocycles. The fraction of sp³-hybridized carbons (Fsp3) is 0.571. The Kier molecular flexibility index (Phi) is 2.42. The lowest BCUT2D eigenvalue weighted by Crippen LogP contribution is -2.11. The summed E-state index contributed by atoms with van der Waals surface area (Å²) in [5, 5.41) is 0. The minimum Gasteiger partial charge on any atom is -0.461 e. The summed E-state index contributed by atoms with van der Waals surface area (Å²) in [5.41, 5.74) is 5.39. The van der Waals surface area contributed by atoms with Crippen LogP contribution in [-0.2, 0) is 0 Å². The van der Waals surface area contributed by atoms with Crippen LogP contribution in [0.3, 0.4) is 0 Å². The summed E-state index contributed by atoms with van der Waals surface area (Å²) in [7, 11) is 0. The van der Waals surface area contributed by atoms with Crippen molar-refractivity contribution in [2.75, 3.05) is 5.73 Å². The molecule has 5 heteroatoms. The Bertz CT molecular complexity index is 254. The van der Waals surface area contributed by atoms with Crippen molar-refractivity contribution in [3.63, 3.8) is 0 Å². The first-order valence-electron chi connectivity index (χ1n) is 3.72. The second-order valence-corrected chi connectivity index (χ2v) is 2.69. The van der Waals surface area contributed by atoms with E-state index in [-0.39, 0.29) is 18.1 Å². The van der Waals surface area contributed by atoms with Gasteiger partial charge in [0.25, 0.3) is 0 Å². The average molecular weight is 168 g/mol. The molecular weight excluding hydrogens is 156 g/mol. The van der Waals surface area contributed by atoms with Crippen LogP contribution >= 0.6 is 0 Å². The third-order valence-electron chi connectivity index (χ3n) is 1.09. The van der Waals surface area contributed by atoms with E-state index in [4.69, 9.17) is 10.5 Å². The Balaban J connectivity index is 2.85. The van der Waals surface area contributed by atoms with Gasteiger partial charge in [0, 0.05) is 0 Å². The van der Waals surface area contributed by atoms with E-state index in [0.717, 1.165) is 0 Å². The lowest BCUT2D eigenvalue weighted by molar-refractivity contribution is 0.221. The van der Waals surface area contributed by atoms with Gasteiger partial charge in [-0.25, -0.2) is 0 Å². The van der Waals surface area contributed by atoms with Gasteiger partial charge in [0.15, 0.2) is 0 Å². The zero-order valence-corrected chi connectivity index (χ0v) is 7.40. The van der Waals surface area contributed by atoms with Crippen LogP contribution in [-0.4, -0.2) is 21.1 Å². The Morgan fingerprint density at radius 1 is 1.25 bits per heavy atom. The number of ether oxygens (including phenoxy) is 1. The number of aromatic nitrogens is 3. The number of hydrogen-bond donors (Lipinski definition) is 1. The topological polar surface area (TPSA) is 73.9 Å². The Hall–Kier alpha value is -1.39. The van der Waals surface area contributed by atoms with Crippen molar-refractivity contribution < 1.29 is 4.74 Å². The first-order chi connectivity index (χ1) is 5.58. The normalized spacial score (nSPS) is 10.3. The number of nitrogens with zero attached hydrogens (tertiary/aromatic N) is 3. The maximum atomic E-state index is 5.39. The molecule has 0 aliphatic rings. The zero-order valence-electron chi connectivity index (χ0n) is 7.40. The van der Waals surface area contributed by atoms with Crippen LogP contribution in [0, 0.1) is 6.92 Å². The number of anilines is 1. The molecule has 0 aliphatic heterocycles. The summed E-state index contributed by atoms with van der Waals surface area (Å²) < 4.78 is 5.23. The van der Waals surface area contributed by atoms with Gasteiger partial charge in [-0.05, 0) is 20.8 Å². The van der Waals surface area contributed by atoms with E-state index in [2.05, 4.69) is 15.0 Å². The van der Waals surface area contributed by atoms with Gasteiger partial charge in [0.2, 0.25) is 5.95 Å². The minimum atomic E-state index is 0.0474. The van der Waals surface area contributed by atoms with Crippen molar-refractivity contribution in [2.24, 2.45) is 0 Å². The molecule has 2 N–H and O–H groups in total. The van der Waals surface area contributed by atoms with Gasteiger partial charge in [0.1, 0.15) is 5.82 Å². The van der Waals surface area contributed by atoms with E-state index < -0.39 is 0 Å². The molecule has 1 rings (SSSR count). The highest BCUT2D eigenvalue weighted by Gasteiger charge is 2.03. The van der Waals surface area contributed by atoms with Crippen LogP contribution in [0.25, 0.3) is 0 Å². The van der Waals surface area contributed by atoms with Gasteiger partial charge in [0.05, 0.1) is 6.10 Å². The third-order valence-corrected chi connectivity index (χ3v) is 1.09. The summed E-state index contributed by atoms with van der Waals surface area (Å²) >= 11 is 0. The molecule has 1 aromatic rings. The molecule has 0 amide bonds. The Labute approximate surface area is 71.0 Å². The highest BCUT2D eigenvalue weighted by molar-refractivity contribution is 5.17. The van der Waals surface area contributed by atoms with Crippen molar-refractivity contribution in [3.05, 3.63) is 5.82 Å². The van der Waals surface area contributed by atoms with Gasteiger partial charge in [-0.2, -0.15) is 15.0 Å². The van der Waals surface area contributed by atoms with Crippen LogP contribution < -0.4 is 10.5 Å². The smallest absolute Gasteiger partial charge is 0.321 e. The van der Waals surface area contributed by atoms with Crippen molar-refractivity contribution in [2.45, 2.75) is 26.9 Å². The van der Waals surface area contributed by atoms with Crippen molar-refractivity contribution in [1.82, 2.24) is 15.0 Å². The predicted octanol–water partition coefficient (Wildman–Crippen LogP) is 0.549. The summed E-state index contributed by atoms with van der Waals surface area (Å²) in [5.74, 6) is 0.760. The van der Waals surface area contributed by atoms with E-state index in [0.29, 0.717) is 5.82 Å². The third kappa shape index (κ3) is 2.34. The molecule has 0 aromatic carbocycles. The molecule has 0 fully saturated rings. The quantitative estimate of drug-likeness (QED) is 0.698. The van der Waals surface area contributed by atoms with Crippen LogP contribution in [0.4, 0.5) is 5.95 Å². The molecule has 0 radical (unpaired) electrons. The molecule has 0 unspecified atom stereocenters. The maximum absolute atomic E-state index is 5.39. The molecule has 0 spiro atoms. The van der Waals surface area contributed by atoms with Crippen molar-refractivity contribution in [3.8, 4) is 6.01 Å². The highest BCUT2D eigenvalue weighted by Crippen LogP contribution is 2.05. The summed E-state index contributed by atoms with van der Waals surface area (Å²) in [4.78, 5) is 11.6. The molecule has 1 heterocycles. The fourth-order valence-corrected chi connectivity index (χ4v) is 0.741. The van der Waals surface area contributed by atoms with Gasteiger partial charge < -0.3 is 10.5 Å². The van der Waals surface area contributed by atoms with Gasteiger partial charge >= 0.3 is 6.01 Å². The highest BCUT2D eigenvalue weighted by atomic mass is 16.5. The van der Waals surface area contributed by atoms with E-state index in [1.165, 1.54) is 0 Å². The molecule has 5 nitrogen and oxygen atoms in total. The number of rotatable bonds is 2. The van der Waals surface area contributed by atoms with Gasteiger partial charge in [-0.15, -0.1) is 0 Å². The second-order valence-electron chi connectivity index (χ2n) is 2.69. The first-order valence-corrected chi connectivity index (χ1v) is 3.72. The largest absolute Gasteiger partial charge is 0.461 e. The summed E-state index contributed by atoms with van der Waals surface area (Å²) in [6.07, 6.45) is 0.0474. The van der Waals surface area contributed by atoms with Crippen molar-refractivity contribution >= 4 is 5.95 Å². The van der Waals surface area contributed by atoms with Crippen LogP contribution in [0.15, 0.2) is 0 Å². The minimum absolute atomic E-state index is 0.0474. The second kappa shape index (κ2) is 3.34. The SMILES string of the molecule is Cc1nc(N)nc(OC(C)C)n1. The molecule has 0 saturated carbocycles. The zero-order chi connectivity index (χ0) is 9.14. The van der Waals surface area contributed by atoms with E-state index in [1.807, 2.05) is 13.8 Å². The Morgan fingerprint density at radius 2 is 1.92 bits per heavy atom. The fourth-order valence-electron chi connectivity index (χ4n) is 0.741.